The highest BCUT2D eigenvalue weighted by Crippen LogP contribution is 2.59. The first kappa shape index (κ1) is 29.8. The predicted octanol–water partition coefficient (Wildman–Crippen LogP) is 3.17. The quantitative estimate of drug-likeness (QED) is 0.356. The first-order chi connectivity index (χ1) is 19.3. The van der Waals surface area contributed by atoms with E-state index in [0.717, 1.165) is 12.8 Å². The first-order valence-corrected chi connectivity index (χ1v) is 14.4. The third-order valence-corrected chi connectivity index (χ3v) is 8.54. The average molecular weight is 554 g/mol. The zero-order valence-electron chi connectivity index (χ0n) is 24.0. The third-order valence-electron chi connectivity index (χ3n) is 8.54. The summed E-state index contributed by atoms with van der Waals surface area (Å²) in [5.74, 6) is -1.59. The van der Waals surface area contributed by atoms with Crippen molar-refractivity contribution in [2.24, 2.45) is 11.8 Å². The van der Waals surface area contributed by atoms with E-state index in [1.54, 1.807) is 22.0 Å². The van der Waals surface area contributed by atoms with E-state index in [1.165, 1.54) is 4.90 Å². The minimum atomic E-state index is -1.11. The summed E-state index contributed by atoms with van der Waals surface area (Å²) in [4.78, 5) is 47.3. The normalized spacial score (nSPS) is 27.3. The van der Waals surface area contributed by atoms with Crippen LogP contribution in [-0.2, 0) is 19.1 Å². The van der Waals surface area contributed by atoms with Crippen LogP contribution in [0, 0.1) is 11.8 Å². The Morgan fingerprint density at radius 3 is 2.50 bits per heavy atom. The summed E-state index contributed by atoms with van der Waals surface area (Å²) in [6.07, 6.45) is 5.67. The van der Waals surface area contributed by atoms with Crippen molar-refractivity contribution in [3.05, 3.63) is 49.6 Å². The summed E-state index contributed by atoms with van der Waals surface area (Å²) in [7, 11) is 0. The molecule has 218 valence electrons. The first-order valence-electron chi connectivity index (χ1n) is 14.4. The van der Waals surface area contributed by atoms with Crippen LogP contribution in [0.25, 0.3) is 0 Å². The summed E-state index contributed by atoms with van der Waals surface area (Å²) in [5, 5.41) is 9.88. The van der Waals surface area contributed by atoms with Crippen LogP contribution in [0.5, 0.6) is 5.75 Å². The van der Waals surface area contributed by atoms with Crippen molar-refractivity contribution in [3.63, 3.8) is 0 Å². The summed E-state index contributed by atoms with van der Waals surface area (Å²) < 4.78 is 12.1. The molecule has 4 rings (SSSR count). The number of aliphatic hydroxyl groups excluding tert-OH is 1. The van der Waals surface area contributed by atoms with Crippen molar-refractivity contribution < 1.29 is 29.0 Å². The molecule has 1 N–H and O–H groups in total. The van der Waals surface area contributed by atoms with Gasteiger partial charge in [-0.15, -0.1) is 13.2 Å². The van der Waals surface area contributed by atoms with Crippen LogP contribution in [0.1, 0.15) is 46.5 Å². The zero-order valence-corrected chi connectivity index (χ0v) is 24.0. The van der Waals surface area contributed by atoms with Gasteiger partial charge in [-0.05, 0) is 57.4 Å². The summed E-state index contributed by atoms with van der Waals surface area (Å²) in [6.45, 7) is 14.5. The monoisotopic (exact) mass is 553 g/mol. The number of benzene rings is 1. The predicted molar refractivity (Wildman–Crippen MR) is 153 cm³/mol. The SMILES string of the molecule is C=CCN(C(=O)[C@@H]1[C@H]2C(=O)N(CCO)C(C(=O)N(CC=C)C(C)CCC)C23CC[C@H]1O3)c1ccc(OCC)cc1. The highest BCUT2D eigenvalue weighted by Gasteiger charge is 2.75. The molecular weight excluding hydrogens is 510 g/mol. The second-order valence-corrected chi connectivity index (χ2v) is 10.9. The van der Waals surface area contributed by atoms with Crippen molar-refractivity contribution in [1.82, 2.24) is 9.80 Å². The molecule has 3 fully saturated rings. The lowest BCUT2D eigenvalue weighted by atomic mass is 9.70. The molecule has 9 nitrogen and oxygen atoms in total. The molecule has 1 aromatic rings. The van der Waals surface area contributed by atoms with Crippen LogP contribution in [0.3, 0.4) is 0 Å². The molecule has 40 heavy (non-hydrogen) atoms. The Morgan fingerprint density at radius 2 is 1.90 bits per heavy atom. The lowest BCUT2D eigenvalue weighted by Crippen LogP contribution is -2.58. The number of carbonyl (C=O) groups is 3. The summed E-state index contributed by atoms with van der Waals surface area (Å²) in [5.41, 5.74) is -0.445. The average Bonchev–Trinajstić information content (AvgIpc) is 3.58. The van der Waals surface area contributed by atoms with Gasteiger partial charge in [0.1, 0.15) is 17.4 Å². The Kier molecular flexibility index (Phi) is 9.36. The lowest BCUT2D eigenvalue weighted by Gasteiger charge is -2.38. The number of nitrogens with zero attached hydrogens (tertiary/aromatic N) is 3. The van der Waals surface area contributed by atoms with E-state index < -0.39 is 29.6 Å². The van der Waals surface area contributed by atoms with E-state index >= 15 is 0 Å². The zero-order chi connectivity index (χ0) is 29.0. The molecule has 1 spiro atoms. The number of aliphatic hydroxyl groups is 1. The smallest absolute Gasteiger partial charge is 0.248 e. The van der Waals surface area contributed by atoms with Crippen molar-refractivity contribution >= 4 is 23.4 Å². The minimum absolute atomic E-state index is 0.00176. The van der Waals surface area contributed by atoms with Crippen molar-refractivity contribution in [3.8, 4) is 5.75 Å². The fourth-order valence-electron chi connectivity index (χ4n) is 6.94. The molecule has 0 aromatic heterocycles. The molecule has 0 aliphatic carbocycles. The second-order valence-electron chi connectivity index (χ2n) is 10.9. The molecule has 3 unspecified atom stereocenters. The maximum atomic E-state index is 14.2. The van der Waals surface area contributed by atoms with Gasteiger partial charge in [0.2, 0.25) is 17.7 Å². The number of hydrogen-bond donors (Lipinski definition) is 1. The van der Waals surface area contributed by atoms with E-state index in [2.05, 4.69) is 20.1 Å². The number of anilines is 1. The third kappa shape index (κ3) is 5.05. The number of carbonyl (C=O) groups excluding carboxylic acids is 3. The molecule has 3 amide bonds. The van der Waals surface area contributed by atoms with Gasteiger partial charge in [-0.25, -0.2) is 0 Å². The van der Waals surface area contributed by atoms with E-state index in [0.29, 0.717) is 37.4 Å². The van der Waals surface area contributed by atoms with Gasteiger partial charge in [-0.1, -0.05) is 25.5 Å². The van der Waals surface area contributed by atoms with Gasteiger partial charge < -0.3 is 29.3 Å². The van der Waals surface area contributed by atoms with Gasteiger partial charge in [0.05, 0.1) is 31.2 Å². The maximum Gasteiger partial charge on any atom is 0.248 e. The highest BCUT2D eigenvalue weighted by molar-refractivity contribution is 6.03. The van der Waals surface area contributed by atoms with E-state index in [9.17, 15) is 19.5 Å². The number of rotatable bonds is 14. The molecular formula is C31H43N3O6. The van der Waals surface area contributed by atoms with Gasteiger partial charge in [-0.3, -0.25) is 14.4 Å². The van der Waals surface area contributed by atoms with Crippen molar-refractivity contribution in [2.75, 3.05) is 37.7 Å². The molecule has 0 radical (unpaired) electrons. The molecule has 3 saturated heterocycles. The van der Waals surface area contributed by atoms with Gasteiger partial charge in [0.15, 0.2) is 0 Å². The standard InChI is InChI=1S/C31H43N3O6/c1-6-10-21(5)32(17-7-2)30(38)27-31-16-15-24(40-31)25(26(31)29(37)34(27)19-20-35)28(36)33(18-8-3)22-11-13-23(14-12-22)39-9-4/h7-8,11-14,21,24-27,35H,2-3,6,9-10,15-20H2,1,4-5H3/t21?,24-,25+,26+,27?,31?/m1/s1. The number of fused-ring (bicyclic) bond motifs is 1. The maximum absolute atomic E-state index is 14.2. The molecule has 3 aliphatic rings. The van der Waals surface area contributed by atoms with Crippen LogP contribution in [0.2, 0.25) is 0 Å². The number of hydrogen-bond acceptors (Lipinski definition) is 6. The van der Waals surface area contributed by atoms with Crippen molar-refractivity contribution in [1.29, 1.82) is 0 Å². The molecule has 0 saturated carbocycles. The summed E-state index contributed by atoms with van der Waals surface area (Å²) >= 11 is 0. The van der Waals surface area contributed by atoms with E-state index in [4.69, 9.17) is 9.47 Å². The van der Waals surface area contributed by atoms with Crippen LogP contribution < -0.4 is 9.64 Å². The molecule has 3 heterocycles. The summed E-state index contributed by atoms with van der Waals surface area (Å²) in [6, 6.07) is 6.29. The Hall–Kier alpha value is -3.17. The van der Waals surface area contributed by atoms with E-state index in [-0.39, 0.29) is 43.5 Å². The molecule has 2 bridgehead atoms. The number of amides is 3. The Bertz CT molecular complexity index is 1110. The van der Waals surface area contributed by atoms with Crippen LogP contribution in [0.15, 0.2) is 49.6 Å². The lowest BCUT2D eigenvalue weighted by molar-refractivity contribution is -0.149. The van der Waals surface area contributed by atoms with Crippen LogP contribution in [-0.4, -0.2) is 89.3 Å². The molecule has 9 heteroatoms. The van der Waals surface area contributed by atoms with Gasteiger partial charge in [-0.2, -0.15) is 0 Å². The Balaban J connectivity index is 1.70. The topological polar surface area (TPSA) is 99.6 Å². The Labute approximate surface area is 237 Å². The second kappa shape index (κ2) is 12.6. The number of β-amino-alcohol motifs (C(OH)–C–C–N with tert-alkyl or cyclic N) is 1. The van der Waals surface area contributed by atoms with Gasteiger partial charge in [0.25, 0.3) is 0 Å². The molecule has 3 aliphatic heterocycles. The number of likely N-dealkylation sites (tertiary alicyclic amines) is 1. The minimum Gasteiger partial charge on any atom is -0.494 e. The highest BCUT2D eigenvalue weighted by atomic mass is 16.5. The molecule has 6 atom stereocenters. The fraction of sp³-hybridized carbons (Fsp3) is 0.581. The fourth-order valence-corrected chi connectivity index (χ4v) is 6.94. The van der Waals surface area contributed by atoms with Gasteiger partial charge >= 0.3 is 0 Å². The number of ether oxygens (including phenoxy) is 2. The van der Waals surface area contributed by atoms with Gasteiger partial charge in [0, 0.05) is 31.4 Å². The van der Waals surface area contributed by atoms with Crippen LogP contribution >= 0.6 is 0 Å². The largest absolute Gasteiger partial charge is 0.494 e. The van der Waals surface area contributed by atoms with Crippen molar-refractivity contribution in [2.45, 2.75) is 70.2 Å². The van der Waals surface area contributed by atoms with E-state index in [1.807, 2.05) is 38.1 Å². The Morgan fingerprint density at radius 1 is 1.20 bits per heavy atom. The molecule has 1 aromatic carbocycles. The van der Waals surface area contributed by atoms with Crippen LogP contribution in [0.4, 0.5) is 5.69 Å².